The summed E-state index contributed by atoms with van der Waals surface area (Å²) in [4.78, 5) is 12.4. The number of piperazine rings is 1. The minimum Gasteiger partial charge on any atom is -0.356 e. The van der Waals surface area contributed by atoms with Crippen molar-refractivity contribution in [1.82, 2.24) is 25.3 Å². The monoisotopic (exact) mass is 440 g/mol. The van der Waals surface area contributed by atoms with E-state index in [-0.39, 0.29) is 0 Å². The Balaban J connectivity index is 1.04. The zero-order valence-electron chi connectivity index (χ0n) is 20.1. The Hall–Kier alpha value is -1.63. The number of unbranched alkanes of at least 4 members (excludes halogenated alkanes) is 1. The van der Waals surface area contributed by atoms with Gasteiger partial charge in [-0.1, -0.05) is 43.2 Å². The molecule has 0 radical (unpaired) electrons. The number of likely N-dealkylation sites (tertiary alicyclic amines) is 1. The van der Waals surface area contributed by atoms with Crippen LogP contribution >= 0.6 is 0 Å². The van der Waals surface area contributed by atoms with E-state index in [1.54, 1.807) is 0 Å². The quantitative estimate of drug-likeness (QED) is 0.351. The van der Waals surface area contributed by atoms with Gasteiger partial charge in [-0.3, -0.25) is 14.8 Å². The van der Waals surface area contributed by atoms with Crippen LogP contribution in [-0.2, 0) is 6.54 Å². The number of aliphatic imine (C=N–C) groups is 1. The number of nitrogens with zero attached hydrogens (tertiary/aromatic N) is 4. The molecule has 0 spiro atoms. The zero-order chi connectivity index (χ0) is 22.0. The first-order chi connectivity index (χ1) is 15.8. The van der Waals surface area contributed by atoms with E-state index in [0.717, 1.165) is 25.1 Å². The molecule has 2 N–H and O–H groups in total. The molecule has 0 aromatic heterocycles. The lowest BCUT2D eigenvalue weighted by molar-refractivity contribution is 0.126. The fourth-order valence-electron chi connectivity index (χ4n) is 5.57. The lowest BCUT2D eigenvalue weighted by atomic mass is 10.2. The summed E-state index contributed by atoms with van der Waals surface area (Å²) in [6.45, 7) is 10.5. The van der Waals surface area contributed by atoms with E-state index in [1.165, 1.54) is 96.3 Å². The van der Waals surface area contributed by atoms with Crippen molar-refractivity contribution >= 4 is 5.96 Å². The molecule has 0 amide bonds. The molecule has 3 aliphatic rings. The van der Waals surface area contributed by atoms with Gasteiger partial charge in [0.05, 0.1) is 0 Å². The summed E-state index contributed by atoms with van der Waals surface area (Å²) in [5.74, 6) is 0.984. The van der Waals surface area contributed by atoms with Crippen molar-refractivity contribution in [3.63, 3.8) is 0 Å². The highest BCUT2D eigenvalue weighted by molar-refractivity contribution is 5.79. The van der Waals surface area contributed by atoms with Gasteiger partial charge in [-0.2, -0.15) is 0 Å². The first kappa shape index (κ1) is 23.5. The number of nitrogens with one attached hydrogen (secondary N) is 2. The fourth-order valence-corrected chi connectivity index (χ4v) is 5.57. The predicted octanol–water partition coefficient (Wildman–Crippen LogP) is 2.77. The van der Waals surface area contributed by atoms with E-state index < -0.39 is 0 Å². The molecule has 3 fully saturated rings. The van der Waals surface area contributed by atoms with Crippen LogP contribution in [0.25, 0.3) is 0 Å². The molecule has 1 unspecified atom stereocenters. The third kappa shape index (κ3) is 7.19. The summed E-state index contributed by atoms with van der Waals surface area (Å²) >= 11 is 0. The third-order valence-corrected chi connectivity index (χ3v) is 7.53. The second-order valence-corrected chi connectivity index (χ2v) is 9.87. The normalized spacial score (nSPS) is 24.3. The van der Waals surface area contributed by atoms with Gasteiger partial charge in [0, 0.05) is 71.5 Å². The second-order valence-electron chi connectivity index (χ2n) is 9.87. The Kier molecular flexibility index (Phi) is 9.24. The van der Waals surface area contributed by atoms with E-state index >= 15 is 0 Å². The van der Waals surface area contributed by atoms with Crippen LogP contribution in [-0.4, -0.2) is 92.1 Å². The topological polar surface area (TPSA) is 46.1 Å². The Bertz CT molecular complexity index is 679. The molecule has 1 aromatic carbocycles. The summed E-state index contributed by atoms with van der Waals surface area (Å²) in [5.41, 5.74) is 1.43. The number of hydrogen-bond acceptors (Lipinski definition) is 4. The third-order valence-electron chi connectivity index (χ3n) is 7.53. The SMILES string of the molecule is CN=C(NCCCCN1CCN(Cc2ccccc2)CC1)NC1CCN(C2CCCC2)C1. The molecule has 1 atom stereocenters. The Labute approximate surface area is 195 Å². The molecule has 6 nitrogen and oxygen atoms in total. The van der Waals surface area contributed by atoms with E-state index in [0.29, 0.717) is 6.04 Å². The molecule has 1 saturated carbocycles. The van der Waals surface area contributed by atoms with Gasteiger partial charge in [0.1, 0.15) is 0 Å². The number of rotatable bonds is 9. The van der Waals surface area contributed by atoms with Crippen LogP contribution in [0.15, 0.2) is 35.3 Å². The molecule has 0 bridgehead atoms. The Morgan fingerprint density at radius 1 is 0.938 bits per heavy atom. The zero-order valence-corrected chi connectivity index (χ0v) is 20.1. The van der Waals surface area contributed by atoms with Crippen molar-refractivity contribution in [2.45, 2.75) is 63.6 Å². The highest BCUT2D eigenvalue weighted by Crippen LogP contribution is 2.26. The van der Waals surface area contributed by atoms with Gasteiger partial charge in [0.15, 0.2) is 5.96 Å². The maximum absolute atomic E-state index is 4.46. The van der Waals surface area contributed by atoms with Crippen molar-refractivity contribution in [2.75, 3.05) is 59.4 Å². The highest BCUT2D eigenvalue weighted by atomic mass is 15.3. The van der Waals surface area contributed by atoms with Crippen LogP contribution in [0.4, 0.5) is 0 Å². The fraction of sp³-hybridized carbons (Fsp3) is 0.731. The molecule has 178 valence electrons. The Morgan fingerprint density at radius 3 is 2.44 bits per heavy atom. The molecule has 4 rings (SSSR count). The average molecular weight is 441 g/mol. The largest absolute Gasteiger partial charge is 0.356 e. The van der Waals surface area contributed by atoms with Crippen LogP contribution in [0.1, 0.15) is 50.5 Å². The summed E-state index contributed by atoms with van der Waals surface area (Å²) in [6.07, 6.45) is 9.35. The molecular formula is C26H44N6. The van der Waals surface area contributed by atoms with E-state index in [2.05, 4.69) is 60.7 Å². The van der Waals surface area contributed by atoms with Crippen LogP contribution in [0.5, 0.6) is 0 Å². The summed E-state index contributed by atoms with van der Waals surface area (Å²) in [7, 11) is 1.90. The number of hydrogen-bond donors (Lipinski definition) is 2. The van der Waals surface area contributed by atoms with Crippen LogP contribution < -0.4 is 10.6 Å². The van der Waals surface area contributed by atoms with Crippen LogP contribution in [0.3, 0.4) is 0 Å². The summed E-state index contributed by atoms with van der Waals surface area (Å²) in [6, 6.07) is 12.2. The van der Waals surface area contributed by atoms with Crippen molar-refractivity contribution < 1.29 is 0 Å². The number of benzene rings is 1. The molecule has 2 aliphatic heterocycles. The highest BCUT2D eigenvalue weighted by Gasteiger charge is 2.30. The van der Waals surface area contributed by atoms with Gasteiger partial charge in [0.2, 0.25) is 0 Å². The van der Waals surface area contributed by atoms with Gasteiger partial charge in [-0.25, -0.2) is 0 Å². The van der Waals surface area contributed by atoms with Gasteiger partial charge in [0.25, 0.3) is 0 Å². The van der Waals surface area contributed by atoms with Crippen molar-refractivity contribution in [2.24, 2.45) is 4.99 Å². The molecular weight excluding hydrogens is 396 g/mol. The molecule has 2 heterocycles. The average Bonchev–Trinajstić information content (AvgIpc) is 3.52. The maximum Gasteiger partial charge on any atom is 0.191 e. The summed E-state index contributed by atoms with van der Waals surface area (Å²) in [5, 5.41) is 7.21. The van der Waals surface area contributed by atoms with Gasteiger partial charge in [-0.15, -0.1) is 0 Å². The predicted molar refractivity (Wildman–Crippen MR) is 134 cm³/mol. The standard InChI is InChI=1S/C26H44N6/c1-27-26(29-24-13-16-32(22-24)25-11-5-6-12-25)28-14-7-8-15-30-17-19-31(20-18-30)21-23-9-3-2-4-10-23/h2-4,9-10,24-25H,5-8,11-22H2,1H3,(H2,27,28,29). The first-order valence-electron chi connectivity index (χ1n) is 13.0. The van der Waals surface area contributed by atoms with Crippen LogP contribution in [0, 0.1) is 0 Å². The Morgan fingerprint density at radius 2 is 1.69 bits per heavy atom. The minimum atomic E-state index is 0.550. The van der Waals surface area contributed by atoms with Crippen molar-refractivity contribution in [3.05, 3.63) is 35.9 Å². The summed E-state index contributed by atoms with van der Waals surface area (Å²) < 4.78 is 0. The number of guanidine groups is 1. The lowest BCUT2D eigenvalue weighted by Crippen LogP contribution is -2.46. The van der Waals surface area contributed by atoms with Gasteiger partial charge >= 0.3 is 0 Å². The van der Waals surface area contributed by atoms with Crippen molar-refractivity contribution in [1.29, 1.82) is 0 Å². The minimum absolute atomic E-state index is 0.550. The molecule has 6 heteroatoms. The smallest absolute Gasteiger partial charge is 0.191 e. The molecule has 32 heavy (non-hydrogen) atoms. The van der Waals surface area contributed by atoms with Crippen molar-refractivity contribution in [3.8, 4) is 0 Å². The van der Waals surface area contributed by atoms with Crippen LogP contribution in [0.2, 0.25) is 0 Å². The van der Waals surface area contributed by atoms with Gasteiger partial charge < -0.3 is 15.5 Å². The molecule has 2 saturated heterocycles. The molecule has 1 aliphatic carbocycles. The molecule has 1 aromatic rings. The van der Waals surface area contributed by atoms with E-state index in [9.17, 15) is 0 Å². The van der Waals surface area contributed by atoms with Gasteiger partial charge in [-0.05, 0) is 44.2 Å². The maximum atomic E-state index is 4.46. The second kappa shape index (κ2) is 12.6. The van der Waals surface area contributed by atoms with E-state index in [1.807, 2.05) is 7.05 Å². The first-order valence-corrected chi connectivity index (χ1v) is 13.0. The lowest BCUT2D eigenvalue weighted by Gasteiger charge is -2.34. The van der Waals surface area contributed by atoms with E-state index in [4.69, 9.17) is 0 Å².